The van der Waals surface area contributed by atoms with Gasteiger partial charge in [0, 0.05) is 0 Å². The fourth-order valence-electron chi connectivity index (χ4n) is 1.17. The van der Waals surface area contributed by atoms with Crippen LogP contribution < -0.4 is 0 Å². The second-order valence-electron chi connectivity index (χ2n) is 3.44. The number of carbonyl (C=O) groups is 1. The molecule has 0 aliphatic carbocycles. The van der Waals surface area contributed by atoms with E-state index in [9.17, 15) is 9.90 Å². The number of rotatable bonds is 3. The Hall–Kier alpha value is -0.490. The summed E-state index contributed by atoms with van der Waals surface area (Å²) in [6.07, 6.45) is -1.97. The lowest BCUT2D eigenvalue weighted by Gasteiger charge is -2.19. The number of aliphatic hydroxyl groups excluding tert-OH is 2. The van der Waals surface area contributed by atoms with E-state index in [2.05, 4.69) is 0 Å². The summed E-state index contributed by atoms with van der Waals surface area (Å²) in [4.78, 5) is 10.9. The molecule has 0 radical (unpaired) electrons. The molecule has 2 atom stereocenters. The van der Waals surface area contributed by atoms with E-state index >= 15 is 0 Å². The molecule has 1 rings (SSSR count). The van der Waals surface area contributed by atoms with Gasteiger partial charge in [-0.05, 0) is 13.8 Å². The van der Waals surface area contributed by atoms with Crippen molar-refractivity contribution >= 4 is 5.78 Å². The number of Topliss-reactive ketones (excluding diaryl/α,β-unsaturated/α-hetero) is 1. The Labute approximate surface area is 76.3 Å². The van der Waals surface area contributed by atoms with Crippen LogP contribution in [-0.2, 0) is 14.3 Å². The highest BCUT2D eigenvalue weighted by Gasteiger charge is 2.39. The number of hydrogen-bond acceptors (Lipinski definition) is 5. The summed E-state index contributed by atoms with van der Waals surface area (Å²) in [5.74, 6) is -1.41. The lowest BCUT2D eigenvalue weighted by Crippen LogP contribution is -2.38. The molecule has 0 amide bonds. The Morgan fingerprint density at radius 2 is 2.31 bits per heavy atom. The summed E-state index contributed by atoms with van der Waals surface area (Å²) < 4.78 is 10.4. The van der Waals surface area contributed by atoms with Crippen LogP contribution in [0.3, 0.4) is 0 Å². The molecule has 0 aromatic heterocycles. The molecule has 1 heterocycles. The molecule has 76 valence electrons. The predicted molar refractivity (Wildman–Crippen MR) is 43.0 cm³/mol. The molecule has 1 aliphatic rings. The van der Waals surface area contributed by atoms with Crippen LogP contribution in [0.25, 0.3) is 0 Å². The van der Waals surface area contributed by atoms with E-state index in [0.29, 0.717) is 0 Å². The number of ketones is 1. The molecular weight excluding hydrogens is 176 g/mol. The van der Waals surface area contributed by atoms with Crippen LogP contribution in [0.15, 0.2) is 0 Å². The highest BCUT2D eigenvalue weighted by Crippen LogP contribution is 2.24. The van der Waals surface area contributed by atoms with Gasteiger partial charge in [0.25, 0.3) is 0 Å². The summed E-state index contributed by atoms with van der Waals surface area (Å²) in [6, 6.07) is 0. The van der Waals surface area contributed by atoms with E-state index < -0.39 is 30.4 Å². The number of hydrogen-bond donors (Lipinski definition) is 2. The van der Waals surface area contributed by atoms with Gasteiger partial charge in [-0.25, -0.2) is 0 Å². The van der Waals surface area contributed by atoms with Crippen LogP contribution in [0.1, 0.15) is 13.8 Å². The molecule has 5 nitrogen and oxygen atoms in total. The highest BCUT2D eigenvalue weighted by molar-refractivity contribution is 5.84. The van der Waals surface area contributed by atoms with Crippen molar-refractivity contribution in [1.29, 1.82) is 0 Å². The number of carbonyl (C=O) groups excluding carboxylic acids is 1. The zero-order chi connectivity index (χ0) is 10.1. The van der Waals surface area contributed by atoms with Crippen LogP contribution in [0.4, 0.5) is 0 Å². The summed E-state index contributed by atoms with van der Waals surface area (Å²) in [5.41, 5.74) is 0. The van der Waals surface area contributed by atoms with Crippen LogP contribution >= 0.6 is 0 Å². The second-order valence-corrected chi connectivity index (χ2v) is 3.44. The monoisotopic (exact) mass is 190 g/mol. The Kier molecular flexibility index (Phi) is 3.02. The maximum absolute atomic E-state index is 10.9. The summed E-state index contributed by atoms with van der Waals surface area (Å²) in [5, 5.41) is 17.8. The van der Waals surface area contributed by atoms with Gasteiger partial charge in [0.15, 0.2) is 11.6 Å². The molecule has 1 saturated heterocycles. The molecule has 0 spiro atoms. The Morgan fingerprint density at radius 1 is 1.69 bits per heavy atom. The molecule has 5 heteroatoms. The Morgan fingerprint density at radius 3 is 2.69 bits per heavy atom. The van der Waals surface area contributed by atoms with E-state index in [0.717, 1.165) is 0 Å². The molecule has 1 fully saturated rings. The zero-order valence-corrected chi connectivity index (χ0v) is 7.69. The minimum Gasteiger partial charge on any atom is -0.388 e. The van der Waals surface area contributed by atoms with Gasteiger partial charge in [-0.15, -0.1) is 0 Å². The molecule has 0 bridgehead atoms. The first-order valence-corrected chi connectivity index (χ1v) is 4.09. The third kappa shape index (κ3) is 2.47. The molecule has 0 unspecified atom stereocenters. The summed E-state index contributed by atoms with van der Waals surface area (Å²) in [6.45, 7) is 2.88. The summed E-state index contributed by atoms with van der Waals surface area (Å²) in [7, 11) is 0. The second kappa shape index (κ2) is 3.71. The standard InChI is InChI=1S/C8H14O5/c1-8(2)12-4-6(13-8)7(11)5(10)3-9/h6-7,9,11H,3-4H2,1-2H3/t6-,7+/m1/s1. The van der Waals surface area contributed by atoms with Gasteiger partial charge >= 0.3 is 0 Å². The fourth-order valence-corrected chi connectivity index (χ4v) is 1.17. The average molecular weight is 190 g/mol. The van der Waals surface area contributed by atoms with Gasteiger partial charge in [-0.3, -0.25) is 4.79 Å². The highest BCUT2D eigenvalue weighted by atomic mass is 16.7. The van der Waals surface area contributed by atoms with Gasteiger partial charge in [-0.2, -0.15) is 0 Å². The van der Waals surface area contributed by atoms with Gasteiger partial charge in [0.05, 0.1) is 6.61 Å². The smallest absolute Gasteiger partial charge is 0.189 e. The molecule has 0 aromatic rings. The first kappa shape index (κ1) is 10.6. The lowest BCUT2D eigenvalue weighted by atomic mass is 10.1. The van der Waals surface area contributed by atoms with Crippen molar-refractivity contribution in [1.82, 2.24) is 0 Å². The van der Waals surface area contributed by atoms with E-state index in [-0.39, 0.29) is 6.61 Å². The van der Waals surface area contributed by atoms with Crippen LogP contribution in [-0.4, -0.2) is 47.2 Å². The van der Waals surface area contributed by atoms with E-state index in [4.69, 9.17) is 14.6 Å². The Bertz CT molecular complexity index is 201. The lowest BCUT2D eigenvalue weighted by molar-refractivity contribution is -0.158. The first-order chi connectivity index (χ1) is 5.96. The van der Waals surface area contributed by atoms with Crippen molar-refractivity contribution in [2.75, 3.05) is 13.2 Å². The Balaban J connectivity index is 2.51. The molecule has 0 saturated carbocycles. The predicted octanol–water partition coefficient (Wildman–Crippen LogP) is -0.940. The van der Waals surface area contributed by atoms with Crippen LogP contribution in [0.2, 0.25) is 0 Å². The fraction of sp³-hybridized carbons (Fsp3) is 0.875. The third-order valence-electron chi connectivity index (χ3n) is 1.87. The first-order valence-electron chi connectivity index (χ1n) is 4.09. The number of aliphatic hydroxyl groups is 2. The molecule has 2 N–H and O–H groups in total. The minimum absolute atomic E-state index is 0.167. The molecule has 0 aromatic carbocycles. The SMILES string of the molecule is CC1(C)OC[C@H]([C@@H](O)C(=O)CO)O1. The number of ether oxygens (including phenoxy) is 2. The quantitative estimate of drug-likeness (QED) is 0.600. The van der Waals surface area contributed by atoms with Crippen molar-refractivity contribution in [3.63, 3.8) is 0 Å². The van der Waals surface area contributed by atoms with Crippen LogP contribution in [0.5, 0.6) is 0 Å². The zero-order valence-electron chi connectivity index (χ0n) is 7.69. The van der Waals surface area contributed by atoms with Crippen molar-refractivity contribution in [3.05, 3.63) is 0 Å². The van der Waals surface area contributed by atoms with Crippen molar-refractivity contribution < 1.29 is 24.5 Å². The third-order valence-corrected chi connectivity index (χ3v) is 1.87. The van der Waals surface area contributed by atoms with Crippen molar-refractivity contribution in [2.24, 2.45) is 0 Å². The maximum atomic E-state index is 10.9. The van der Waals surface area contributed by atoms with Gasteiger partial charge in [-0.1, -0.05) is 0 Å². The van der Waals surface area contributed by atoms with Crippen molar-refractivity contribution in [3.8, 4) is 0 Å². The maximum Gasteiger partial charge on any atom is 0.189 e. The van der Waals surface area contributed by atoms with Crippen molar-refractivity contribution in [2.45, 2.75) is 31.8 Å². The molecule has 1 aliphatic heterocycles. The van der Waals surface area contributed by atoms with E-state index in [1.165, 1.54) is 0 Å². The molecule has 13 heavy (non-hydrogen) atoms. The van der Waals surface area contributed by atoms with Gasteiger partial charge < -0.3 is 19.7 Å². The minimum atomic E-state index is -1.30. The summed E-state index contributed by atoms with van der Waals surface area (Å²) >= 11 is 0. The topological polar surface area (TPSA) is 76.0 Å². The normalized spacial score (nSPS) is 28.8. The molecular formula is C8H14O5. The van der Waals surface area contributed by atoms with E-state index in [1.54, 1.807) is 13.8 Å². The largest absolute Gasteiger partial charge is 0.388 e. The average Bonchev–Trinajstić information content (AvgIpc) is 2.43. The van der Waals surface area contributed by atoms with E-state index in [1.807, 2.05) is 0 Å². The van der Waals surface area contributed by atoms with Gasteiger partial charge in [0.2, 0.25) is 0 Å². The van der Waals surface area contributed by atoms with Gasteiger partial charge in [0.1, 0.15) is 18.8 Å². The van der Waals surface area contributed by atoms with Crippen LogP contribution in [0, 0.1) is 0 Å².